The minimum atomic E-state index is -0.457. The molecule has 3 heterocycles. The number of morpholine rings is 1. The highest BCUT2D eigenvalue weighted by Crippen LogP contribution is 2.31. The topological polar surface area (TPSA) is 75.7 Å². The number of anilines is 1. The molecule has 0 spiro atoms. The molecule has 26 heavy (non-hydrogen) atoms. The van der Waals surface area contributed by atoms with Crippen molar-refractivity contribution in [2.75, 3.05) is 45.2 Å². The molecule has 0 bridgehead atoms. The van der Waals surface area contributed by atoms with Crippen LogP contribution in [0.5, 0.6) is 0 Å². The van der Waals surface area contributed by atoms with Crippen LogP contribution in [0.15, 0.2) is 5.38 Å². The largest absolute Gasteiger partial charge is 0.384 e. The number of hydrogen-bond acceptors (Lipinski definition) is 7. The fraction of sp³-hybridized carbons (Fsp3) is 0.778. The summed E-state index contributed by atoms with van der Waals surface area (Å²) in [6.07, 6.45) is 2.05. The van der Waals surface area contributed by atoms with Gasteiger partial charge in [0.1, 0.15) is 0 Å². The molecule has 2 saturated heterocycles. The molecule has 1 amide bonds. The zero-order valence-electron chi connectivity index (χ0n) is 15.9. The summed E-state index contributed by atoms with van der Waals surface area (Å²) in [6.45, 7) is 8.94. The second-order valence-corrected chi connectivity index (χ2v) is 8.37. The molecule has 0 saturated carbocycles. The van der Waals surface area contributed by atoms with Crippen LogP contribution in [0.25, 0.3) is 0 Å². The number of nitrogens with one attached hydrogen (secondary N) is 2. The van der Waals surface area contributed by atoms with Gasteiger partial charge in [-0.15, -0.1) is 11.3 Å². The van der Waals surface area contributed by atoms with Gasteiger partial charge in [0.15, 0.2) is 5.13 Å². The van der Waals surface area contributed by atoms with Gasteiger partial charge in [-0.3, -0.25) is 9.69 Å². The first-order valence-electron chi connectivity index (χ1n) is 9.34. The Labute approximate surface area is 159 Å². The van der Waals surface area contributed by atoms with Gasteiger partial charge in [-0.2, -0.15) is 0 Å². The lowest BCUT2D eigenvalue weighted by Gasteiger charge is -2.35. The van der Waals surface area contributed by atoms with Crippen molar-refractivity contribution in [1.82, 2.24) is 15.2 Å². The average Bonchev–Trinajstić information content (AvgIpc) is 3.02. The number of carbonyl (C=O) groups excluding carboxylic acids is 1. The van der Waals surface area contributed by atoms with Gasteiger partial charge in [0.2, 0.25) is 5.91 Å². The van der Waals surface area contributed by atoms with Crippen LogP contribution in [-0.4, -0.2) is 67.9 Å². The zero-order chi connectivity index (χ0) is 18.6. The van der Waals surface area contributed by atoms with Crippen LogP contribution >= 0.6 is 11.3 Å². The molecule has 0 aliphatic carbocycles. The fourth-order valence-electron chi connectivity index (χ4n) is 3.93. The molecule has 2 atom stereocenters. The molecule has 3 rings (SSSR count). The summed E-state index contributed by atoms with van der Waals surface area (Å²) in [5, 5.41) is 9.05. The SMILES string of the molecule is COCC1(C(=O)Nc2nc(CN3CC(C)OC(C)C3)cs2)CCNCC1. The minimum absolute atomic E-state index is 0.0235. The van der Waals surface area contributed by atoms with Crippen LogP contribution in [0.4, 0.5) is 5.13 Å². The van der Waals surface area contributed by atoms with Crippen LogP contribution < -0.4 is 10.6 Å². The van der Waals surface area contributed by atoms with E-state index >= 15 is 0 Å². The lowest BCUT2D eigenvalue weighted by molar-refractivity contribution is -0.130. The van der Waals surface area contributed by atoms with E-state index in [-0.39, 0.29) is 18.1 Å². The van der Waals surface area contributed by atoms with E-state index in [0.29, 0.717) is 11.7 Å². The number of hydrogen-bond donors (Lipinski definition) is 2. The quantitative estimate of drug-likeness (QED) is 0.780. The Balaban J connectivity index is 1.59. The van der Waals surface area contributed by atoms with E-state index in [2.05, 4.69) is 34.4 Å². The van der Waals surface area contributed by atoms with Crippen molar-refractivity contribution in [2.45, 2.75) is 45.4 Å². The number of thiazole rings is 1. The van der Waals surface area contributed by atoms with E-state index < -0.39 is 5.41 Å². The second kappa shape index (κ2) is 8.75. The third-order valence-corrected chi connectivity index (χ3v) is 5.92. The Bertz CT molecular complexity index is 588. The lowest BCUT2D eigenvalue weighted by Crippen LogP contribution is -2.47. The van der Waals surface area contributed by atoms with E-state index in [0.717, 1.165) is 51.3 Å². The summed E-state index contributed by atoms with van der Waals surface area (Å²) in [5.41, 5.74) is 0.540. The average molecular weight is 383 g/mol. The number of aromatic nitrogens is 1. The van der Waals surface area contributed by atoms with Crippen molar-refractivity contribution >= 4 is 22.4 Å². The fourth-order valence-corrected chi connectivity index (χ4v) is 4.62. The Kier molecular flexibility index (Phi) is 6.63. The molecular weight excluding hydrogens is 352 g/mol. The monoisotopic (exact) mass is 382 g/mol. The Morgan fingerprint density at radius 2 is 2.12 bits per heavy atom. The smallest absolute Gasteiger partial charge is 0.234 e. The highest BCUT2D eigenvalue weighted by Gasteiger charge is 2.40. The molecule has 8 heteroatoms. The molecular formula is C18H30N4O3S. The summed E-state index contributed by atoms with van der Waals surface area (Å²) in [6, 6.07) is 0. The number of nitrogens with zero attached hydrogens (tertiary/aromatic N) is 2. The van der Waals surface area contributed by atoms with E-state index in [1.165, 1.54) is 11.3 Å². The van der Waals surface area contributed by atoms with Gasteiger partial charge in [0, 0.05) is 32.1 Å². The van der Waals surface area contributed by atoms with Crippen molar-refractivity contribution in [3.63, 3.8) is 0 Å². The van der Waals surface area contributed by atoms with E-state index in [1.54, 1.807) is 7.11 Å². The third-order valence-electron chi connectivity index (χ3n) is 5.12. The lowest BCUT2D eigenvalue weighted by atomic mass is 9.79. The second-order valence-electron chi connectivity index (χ2n) is 7.51. The normalized spacial score (nSPS) is 26.6. The molecule has 2 unspecified atom stereocenters. The number of ether oxygens (including phenoxy) is 2. The van der Waals surface area contributed by atoms with Crippen LogP contribution in [-0.2, 0) is 20.8 Å². The van der Waals surface area contributed by atoms with Crippen molar-refractivity contribution in [3.05, 3.63) is 11.1 Å². The van der Waals surface area contributed by atoms with Crippen LogP contribution in [0.3, 0.4) is 0 Å². The van der Waals surface area contributed by atoms with Gasteiger partial charge in [0.05, 0.1) is 29.9 Å². The molecule has 2 aliphatic heterocycles. The molecule has 1 aromatic rings. The summed E-state index contributed by atoms with van der Waals surface area (Å²) in [4.78, 5) is 19.9. The third kappa shape index (κ3) is 4.80. The summed E-state index contributed by atoms with van der Waals surface area (Å²) in [7, 11) is 1.66. The maximum atomic E-state index is 12.9. The van der Waals surface area contributed by atoms with Crippen molar-refractivity contribution in [1.29, 1.82) is 0 Å². The number of rotatable bonds is 6. The van der Waals surface area contributed by atoms with E-state index in [1.807, 2.05) is 5.38 Å². The number of carbonyl (C=O) groups is 1. The van der Waals surface area contributed by atoms with Crippen LogP contribution in [0.2, 0.25) is 0 Å². The Hall–Kier alpha value is -1.06. The van der Waals surface area contributed by atoms with Gasteiger partial charge in [-0.05, 0) is 39.8 Å². The Morgan fingerprint density at radius 1 is 1.42 bits per heavy atom. The van der Waals surface area contributed by atoms with Gasteiger partial charge in [0.25, 0.3) is 0 Å². The van der Waals surface area contributed by atoms with Gasteiger partial charge >= 0.3 is 0 Å². The molecule has 0 aromatic carbocycles. The van der Waals surface area contributed by atoms with Crippen LogP contribution in [0, 0.1) is 5.41 Å². The predicted molar refractivity (Wildman–Crippen MR) is 102 cm³/mol. The minimum Gasteiger partial charge on any atom is -0.384 e. The van der Waals surface area contributed by atoms with Crippen molar-refractivity contribution in [2.24, 2.45) is 5.41 Å². The summed E-state index contributed by atoms with van der Waals surface area (Å²) < 4.78 is 11.1. The molecule has 7 nitrogen and oxygen atoms in total. The first-order chi connectivity index (χ1) is 12.5. The standard InChI is InChI=1S/C18H30N4O3S/c1-13-8-22(9-14(2)25-13)10-15-11-26-17(20-15)21-16(23)18(12-24-3)4-6-19-7-5-18/h11,13-14,19H,4-10,12H2,1-3H3,(H,20,21,23). The number of amides is 1. The van der Waals surface area contributed by atoms with E-state index in [4.69, 9.17) is 9.47 Å². The molecule has 1 aromatic heterocycles. The van der Waals surface area contributed by atoms with Gasteiger partial charge in [-0.25, -0.2) is 4.98 Å². The number of methoxy groups -OCH3 is 1. The molecule has 0 radical (unpaired) electrons. The molecule has 146 valence electrons. The summed E-state index contributed by atoms with van der Waals surface area (Å²) >= 11 is 1.49. The molecule has 2 N–H and O–H groups in total. The number of piperidine rings is 1. The van der Waals surface area contributed by atoms with Gasteiger partial charge in [-0.1, -0.05) is 0 Å². The zero-order valence-corrected chi connectivity index (χ0v) is 16.7. The maximum absolute atomic E-state index is 12.9. The van der Waals surface area contributed by atoms with Gasteiger partial charge < -0.3 is 20.1 Å². The first kappa shape index (κ1) is 19.7. The maximum Gasteiger partial charge on any atom is 0.234 e. The highest BCUT2D eigenvalue weighted by atomic mass is 32.1. The van der Waals surface area contributed by atoms with Crippen molar-refractivity contribution < 1.29 is 14.3 Å². The van der Waals surface area contributed by atoms with Crippen molar-refractivity contribution in [3.8, 4) is 0 Å². The van der Waals surface area contributed by atoms with E-state index in [9.17, 15) is 4.79 Å². The predicted octanol–water partition coefficient (Wildman–Crippen LogP) is 1.71. The molecule has 2 fully saturated rings. The summed E-state index contributed by atoms with van der Waals surface area (Å²) in [5.74, 6) is 0.0235. The first-order valence-corrected chi connectivity index (χ1v) is 10.2. The van der Waals surface area contributed by atoms with Crippen LogP contribution in [0.1, 0.15) is 32.4 Å². The highest BCUT2D eigenvalue weighted by molar-refractivity contribution is 7.13. The Morgan fingerprint density at radius 3 is 2.77 bits per heavy atom. The molecule has 2 aliphatic rings.